The van der Waals surface area contributed by atoms with Gasteiger partial charge < -0.3 is 14.8 Å². The summed E-state index contributed by atoms with van der Waals surface area (Å²) in [6.07, 6.45) is 3.30. The van der Waals surface area contributed by atoms with Crippen molar-refractivity contribution in [3.05, 3.63) is 22.7 Å². The Morgan fingerprint density at radius 2 is 2.00 bits per heavy atom. The molecule has 6 nitrogen and oxygen atoms in total. The first-order valence-corrected chi connectivity index (χ1v) is 6.33. The fourth-order valence-electron chi connectivity index (χ4n) is 2.02. The average molecular weight is 251 g/mol. The quantitative estimate of drug-likeness (QED) is 0.777. The Balaban J connectivity index is 1.78. The Morgan fingerprint density at radius 1 is 1.28 bits per heavy atom. The van der Waals surface area contributed by atoms with E-state index >= 15 is 0 Å². The molecule has 18 heavy (non-hydrogen) atoms. The monoisotopic (exact) mass is 251 g/mol. The van der Waals surface area contributed by atoms with Gasteiger partial charge in [-0.2, -0.15) is 0 Å². The fraction of sp³-hybridized carbons (Fsp3) is 0.667. The highest BCUT2D eigenvalue weighted by atomic mass is 16.1. The summed E-state index contributed by atoms with van der Waals surface area (Å²) in [5.74, 6) is 0.439. The number of aryl methyl sites for hydroxylation is 1. The molecule has 1 aromatic heterocycles. The molecular formula is C12H21N5O. The molecule has 0 atom stereocenters. The molecule has 2 rings (SSSR count). The number of anilines is 1. The minimum absolute atomic E-state index is 0.0733. The van der Waals surface area contributed by atoms with E-state index in [0.29, 0.717) is 5.82 Å². The maximum absolute atomic E-state index is 11.7. The SMILES string of the molecule is CN1CCN(CCNc2nccn(C)c2=O)CC1. The number of likely N-dealkylation sites (N-methyl/N-ethyl adjacent to an activating group) is 1. The number of piperazine rings is 1. The molecule has 1 aliphatic rings. The van der Waals surface area contributed by atoms with Gasteiger partial charge in [0.2, 0.25) is 0 Å². The van der Waals surface area contributed by atoms with Crippen molar-refractivity contribution in [2.24, 2.45) is 7.05 Å². The van der Waals surface area contributed by atoms with E-state index in [1.807, 2.05) is 0 Å². The Labute approximate surface area is 107 Å². The van der Waals surface area contributed by atoms with Crippen LogP contribution < -0.4 is 10.9 Å². The van der Waals surface area contributed by atoms with Crippen LogP contribution in [0.2, 0.25) is 0 Å². The molecule has 1 N–H and O–H groups in total. The lowest BCUT2D eigenvalue weighted by atomic mass is 10.3. The third-order valence-corrected chi connectivity index (χ3v) is 3.33. The number of hydrogen-bond acceptors (Lipinski definition) is 5. The van der Waals surface area contributed by atoms with Gasteiger partial charge in [-0.05, 0) is 7.05 Å². The summed E-state index contributed by atoms with van der Waals surface area (Å²) in [4.78, 5) is 20.5. The molecule has 100 valence electrons. The molecule has 1 aromatic rings. The summed E-state index contributed by atoms with van der Waals surface area (Å²) in [5, 5.41) is 3.11. The van der Waals surface area contributed by atoms with Crippen molar-refractivity contribution < 1.29 is 0 Å². The van der Waals surface area contributed by atoms with Crippen LogP contribution in [-0.4, -0.2) is 65.7 Å². The molecule has 0 amide bonds. The first kappa shape index (κ1) is 13.0. The van der Waals surface area contributed by atoms with Crippen molar-refractivity contribution in [2.75, 3.05) is 51.6 Å². The molecule has 0 unspecified atom stereocenters. The summed E-state index contributed by atoms with van der Waals surface area (Å²) < 4.78 is 1.53. The average Bonchev–Trinajstić information content (AvgIpc) is 2.37. The van der Waals surface area contributed by atoms with Crippen molar-refractivity contribution in [1.82, 2.24) is 19.4 Å². The molecule has 1 saturated heterocycles. The van der Waals surface area contributed by atoms with Gasteiger partial charge in [0.1, 0.15) is 0 Å². The van der Waals surface area contributed by atoms with Gasteiger partial charge >= 0.3 is 0 Å². The maximum Gasteiger partial charge on any atom is 0.293 e. The normalized spacial score (nSPS) is 17.9. The van der Waals surface area contributed by atoms with E-state index in [4.69, 9.17) is 0 Å². The Kier molecular flexibility index (Phi) is 4.33. The lowest BCUT2D eigenvalue weighted by Crippen LogP contribution is -2.46. The van der Waals surface area contributed by atoms with Crippen LogP contribution >= 0.6 is 0 Å². The van der Waals surface area contributed by atoms with Crippen LogP contribution in [0.5, 0.6) is 0 Å². The molecule has 0 radical (unpaired) electrons. The number of hydrogen-bond donors (Lipinski definition) is 1. The van der Waals surface area contributed by atoms with Crippen LogP contribution in [0.4, 0.5) is 5.82 Å². The van der Waals surface area contributed by atoms with Crippen molar-refractivity contribution in [2.45, 2.75) is 0 Å². The molecule has 6 heteroatoms. The largest absolute Gasteiger partial charge is 0.364 e. The lowest BCUT2D eigenvalue weighted by Gasteiger charge is -2.32. The molecule has 0 bridgehead atoms. The minimum atomic E-state index is -0.0733. The smallest absolute Gasteiger partial charge is 0.293 e. The van der Waals surface area contributed by atoms with Crippen LogP contribution in [0.1, 0.15) is 0 Å². The van der Waals surface area contributed by atoms with E-state index in [2.05, 4.69) is 27.1 Å². The standard InChI is InChI=1S/C12H21N5O/c1-15-7-9-17(10-8-15)6-4-14-11-12(18)16(2)5-3-13-11/h3,5H,4,6-10H2,1-2H3,(H,13,14). The van der Waals surface area contributed by atoms with Gasteiger partial charge in [-0.25, -0.2) is 4.98 Å². The highest BCUT2D eigenvalue weighted by Gasteiger charge is 2.13. The van der Waals surface area contributed by atoms with Crippen LogP contribution in [0, 0.1) is 0 Å². The van der Waals surface area contributed by atoms with Crippen molar-refractivity contribution in [3.8, 4) is 0 Å². The lowest BCUT2D eigenvalue weighted by molar-refractivity contribution is 0.158. The highest BCUT2D eigenvalue weighted by molar-refractivity contribution is 5.30. The number of rotatable bonds is 4. The zero-order chi connectivity index (χ0) is 13.0. The van der Waals surface area contributed by atoms with Gasteiger partial charge in [-0.1, -0.05) is 0 Å². The Hall–Kier alpha value is -1.40. The third kappa shape index (κ3) is 3.30. The molecule has 0 aliphatic carbocycles. The molecule has 1 fully saturated rings. The van der Waals surface area contributed by atoms with E-state index in [1.165, 1.54) is 4.57 Å². The summed E-state index contributed by atoms with van der Waals surface area (Å²) in [6, 6.07) is 0. The molecular weight excluding hydrogens is 230 g/mol. The fourth-order valence-corrected chi connectivity index (χ4v) is 2.02. The molecule has 0 saturated carbocycles. The second-order valence-electron chi connectivity index (χ2n) is 4.76. The highest BCUT2D eigenvalue weighted by Crippen LogP contribution is 1.98. The van der Waals surface area contributed by atoms with Crippen LogP contribution in [0.3, 0.4) is 0 Å². The summed E-state index contributed by atoms with van der Waals surface area (Å²) in [5.41, 5.74) is -0.0733. The van der Waals surface area contributed by atoms with Gasteiger partial charge in [-0.15, -0.1) is 0 Å². The van der Waals surface area contributed by atoms with E-state index < -0.39 is 0 Å². The summed E-state index contributed by atoms with van der Waals surface area (Å²) in [7, 11) is 3.88. The predicted octanol–water partition coefficient (Wildman–Crippen LogP) is -0.560. The van der Waals surface area contributed by atoms with Gasteiger partial charge in [0.05, 0.1) is 0 Å². The van der Waals surface area contributed by atoms with Crippen molar-refractivity contribution in [1.29, 1.82) is 0 Å². The maximum atomic E-state index is 11.7. The number of aromatic nitrogens is 2. The van der Waals surface area contributed by atoms with Gasteiger partial charge in [0.15, 0.2) is 5.82 Å². The minimum Gasteiger partial charge on any atom is -0.364 e. The first-order valence-electron chi connectivity index (χ1n) is 6.33. The Bertz CT molecular complexity index is 436. The predicted molar refractivity (Wildman–Crippen MR) is 71.9 cm³/mol. The van der Waals surface area contributed by atoms with Gasteiger partial charge in [0.25, 0.3) is 5.56 Å². The third-order valence-electron chi connectivity index (χ3n) is 3.33. The van der Waals surface area contributed by atoms with Crippen LogP contribution in [0.25, 0.3) is 0 Å². The van der Waals surface area contributed by atoms with E-state index in [0.717, 1.165) is 39.3 Å². The second-order valence-corrected chi connectivity index (χ2v) is 4.76. The van der Waals surface area contributed by atoms with E-state index in [9.17, 15) is 4.79 Å². The summed E-state index contributed by atoms with van der Waals surface area (Å²) >= 11 is 0. The van der Waals surface area contributed by atoms with Crippen LogP contribution in [-0.2, 0) is 7.05 Å². The topological polar surface area (TPSA) is 53.4 Å². The van der Waals surface area contributed by atoms with Gasteiger partial charge in [-0.3, -0.25) is 9.69 Å². The summed E-state index contributed by atoms with van der Waals surface area (Å²) in [6.45, 7) is 6.14. The zero-order valence-corrected chi connectivity index (χ0v) is 11.1. The Morgan fingerprint density at radius 3 is 2.72 bits per heavy atom. The zero-order valence-electron chi connectivity index (χ0n) is 11.1. The second kappa shape index (κ2) is 5.97. The molecule has 1 aliphatic heterocycles. The molecule has 2 heterocycles. The van der Waals surface area contributed by atoms with Crippen LogP contribution in [0.15, 0.2) is 17.2 Å². The number of nitrogens with one attached hydrogen (secondary N) is 1. The van der Waals surface area contributed by atoms with Crippen molar-refractivity contribution in [3.63, 3.8) is 0 Å². The van der Waals surface area contributed by atoms with E-state index in [-0.39, 0.29) is 5.56 Å². The number of nitrogens with zero attached hydrogens (tertiary/aromatic N) is 4. The molecule has 0 aromatic carbocycles. The van der Waals surface area contributed by atoms with Gasteiger partial charge in [0, 0.05) is 58.7 Å². The first-order chi connectivity index (χ1) is 8.66. The van der Waals surface area contributed by atoms with Crippen molar-refractivity contribution >= 4 is 5.82 Å². The molecule has 0 spiro atoms. The van der Waals surface area contributed by atoms with E-state index in [1.54, 1.807) is 19.4 Å².